The standard InChI is InChI=1S/C13H19FN2/c1-10-4-2-5-11(13(10)14)8-16-7-3-6-12(15)9-16/h2,4-5,12H,3,6-9,15H2,1H3/t12-/m1/s1. The molecule has 0 unspecified atom stereocenters. The topological polar surface area (TPSA) is 29.3 Å². The quantitative estimate of drug-likeness (QED) is 0.830. The summed E-state index contributed by atoms with van der Waals surface area (Å²) in [6.45, 7) is 4.40. The van der Waals surface area contributed by atoms with Gasteiger partial charge in [0.05, 0.1) is 0 Å². The van der Waals surface area contributed by atoms with Crippen molar-refractivity contribution in [3.05, 3.63) is 35.1 Å². The summed E-state index contributed by atoms with van der Waals surface area (Å²) >= 11 is 0. The van der Waals surface area contributed by atoms with Gasteiger partial charge in [0.25, 0.3) is 0 Å². The van der Waals surface area contributed by atoms with Crippen molar-refractivity contribution < 1.29 is 4.39 Å². The van der Waals surface area contributed by atoms with Crippen LogP contribution in [0.5, 0.6) is 0 Å². The number of rotatable bonds is 2. The molecule has 88 valence electrons. The summed E-state index contributed by atoms with van der Waals surface area (Å²) in [5, 5.41) is 0. The zero-order chi connectivity index (χ0) is 11.5. The van der Waals surface area contributed by atoms with Crippen molar-refractivity contribution in [2.45, 2.75) is 32.4 Å². The molecule has 1 aromatic rings. The fourth-order valence-corrected chi connectivity index (χ4v) is 2.31. The van der Waals surface area contributed by atoms with E-state index in [1.54, 1.807) is 13.0 Å². The normalized spacial score (nSPS) is 22.3. The van der Waals surface area contributed by atoms with Crippen LogP contribution in [-0.2, 0) is 6.54 Å². The molecule has 0 amide bonds. The minimum absolute atomic E-state index is 0.0679. The van der Waals surface area contributed by atoms with Gasteiger partial charge in [0, 0.05) is 24.7 Å². The van der Waals surface area contributed by atoms with Gasteiger partial charge in [-0.3, -0.25) is 4.90 Å². The molecule has 0 radical (unpaired) electrons. The van der Waals surface area contributed by atoms with E-state index in [9.17, 15) is 4.39 Å². The molecule has 1 aliphatic rings. The summed E-state index contributed by atoms with van der Waals surface area (Å²) in [7, 11) is 0. The maximum absolute atomic E-state index is 13.8. The highest BCUT2D eigenvalue weighted by Crippen LogP contribution is 2.17. The van der Waals surface area contributed by atoms with Gasteiger partial charge in [-0.15, -0.1) is 0 Å². The van der Waals surface area contributed by atoms with E-state index in [2.05, 4.69) is 4.90 Å². The largest absolute Gasteiger partial charge is 0.327 e. The van der Waals surface area contributed by atoms with Crippen LogP contribution < -0.4 is 5.73 Å². The first kappa shape index (κ1) is 11.6. The molecule has 0 saturated carbocycles. The summed E-state index contributed by atoms with van der Waals surface area (Å²) in [6, 6.07) is 5.84. The molecule has 1 atom stereocenters. The Bertz CT molecular complexity index is 365. The highest BCUT2D eigenvalue weighted by Gasteiger charge is 2.17. The molecule has 0 bridgehead atoms. The lowest BCUT2D eigenvalue weighted by molar-refractivity contribution is 0.199. The zero-order valence-corrected chi connectivity index (χ0v) is 9.75. The molecule has 0 spiro atoms. The number of hydrogen-bond acceptors (Lipinski definition) is 2. The molecule has 1 aliphatic heterocycles. The Labute approximate surface area is 96.2 Å². The Morgan fingerprint density at radius 2 is 2.31 bits per heavy atom. The maximum atomic E-state index is 13.8. The van der Waals surface area contributed by atoms with E-state index in [1.807, 2.05) is 12.1 Å². The van der Waals surface area contributed by atoms with Crippen molar-refractivity contribution in [3.8, 4) is 0 Å². The number of aryl methyl sites for hydroxylation is 1. The summed E-state index contributed by atoms with van der Waals surface area (Å²) in [5.41, 5.74) is 7.42. The Kier molecular flexibility index (Phi) is 3.56. The van der Waals surface area contributed by atoms with E-state index < -0.39 is 0 Å². The molecule has 2 rings (SSSR count). The van der Waals surface area contributed by atoms with Crippen molar-refractivity contribution in [1.29, 1.82) is 0 Å². The van der Waals surface area contributed by atoms with Crippen LogP contribution in [0.25, 0.3) is 0 Å². The molecular formula is C13H19FN2. The van der Waals surface area contributed by atoms with Crippen molar-refractivity contribution >= 4 is 0 Å². The highest BCUT2D eigenvalue weighted by atomic mass is 19.1. The number of likely N-dealkylation sites (tertiary alicyclic amines) is 1. The van der Waals surface area contributed by atoms with Gasteiger partial charge in [0.1, 0.15) is 5.82 Å². The monoisotopic (exact) mass is 222 g/mol. The molecule has 0 aliphatic carbocycles. The van der Waals surface area contributed by atoms with Gasteiger partial charge >= 0.3 is 0 Å². The summed E-state index contributed by atoms with van der Waals surface area (Å²) in [6.07, 6.45) is 2.21. The van der Waals surface area contributed by atoms with E-state index in [4.69, 9.17) is 5.73 Å². The molecule has 2 N–H and O–H groups in total. The molecule has 1 aromatic carbocycles. The average Bonchev–Trinajstić information content (AvgIpc) is 2.25. The van der Waals surface area contributed by atoms with Crippen LogP contribution in [0.1, 0.15) is 24.0 Å². The number of halogens is 1. The molecule has 1 saturated heterocycles. The first-order chi connectivity index (χ1) is 7.66. The Hall–Kier alpha value is -0.930. The molecule has 0 aromatic heterocycles. The first-order valence-corrected chi connectivity index (χ1v) is 5.89. The second kappa shape index (κ2) is 4.93. The van der Waals surface area contributed by atoms with Crippen molar-refractivity contribution in [3.63, 3.8) is 0 Å². The fraction of sp³-hybridized carbons (Fsp3) is 0.538. The van der Waals surface area contributed by atoms with Gasteiger partial charge in [0.15, 0.2) is 0 Å². The predicted molar refractivity (Wildman–Crippen MR) is 63.6 cm³/mol. The van der Waals surface area contributed by atoms with Crippen LogP contribution >= 0.6 is 0 Å². The van der Waals surface area contributed by atoms with Gasteiger partial charge in [-0.1, -0.05) is 18.2 Å². The van der Waals surface area contributed by atoms with Crippen LogP contribution in [0.15, 0.2) is 18.2 Å². The number of piperidine rings is 1. The third-order valence-corrected chi connectivity index (χ3v) is 3.21. The van der Waals surface area contributed by atoms with Crippen LogP contribution in [0.2, 0.25) is 0 Å². The molecule has 1 fully saturated rings. The third-order valence-electron chi connectivity index (χ3n) is 3.21. The van der Waals surface area contributed by atoms with Crippen LogP contribution in [0, 0.1) is 12.7 Å². The number of nitrogens with zero attached hydrogens (tertiary/aromatic N) is 1. The molecular weight excluding hydrogens is 203 g/mol. The maximum Gasteiger partial charge on any atom is 0.130 e. The van der Waals surface area contributed by atoms with E-state index in [1.165, 1.54) is 0 Å². The van der Waals surface area contributed by atoms with E-state index >= 15 is 0 Å². The van der Waals surface area contributed by atoms with Crippen molar-refractivity contribution in [2.75, 3.05) is 13.1 Å². The average molecular weight is 222 g/mol. The molecule has 3 heteroatoms. The summed E-state index contributed by atoms with van der Waals surface area (Å²) in [4.78, 5) is 2.24. The Morgan fingerprint density at radius 3 is 3.06 bits per heavy atom. The van der Waals surface area contributed by atoms with Gasteiger partial charge in [0.2, 0.25) is 0 Å². The SMILES string of the molecule is Cc1cccc(CN2CCC[C@@H](N)C2)c1F. The van der Waals surface area contributed by atoms with E-state index in [-0.39, 0.29) is 11.9 Å². The summed E-state index contributed by atoms with van der Waals surface area (Å²) < 4.78 is 13.8. The first-order valence-electron chi connectivity index (χ1n) is 5.89. The second-order valence-corrected chi connectivity index (χ2v) is 4.69. The zero-order valence-electron chi connectivity index (χ0n) is 9.75. The third kappa shape index (κ3) is 2.60. The molecule has 1 heterocycles. The van der Waals surface area contributed by atoms with Crippen molar-refractivity contribution in [1.82, 2.24) is 4.90 Å². The van der Waals surface area contributed by atoms with Crippen LogP contribution in [0.3, 0.4) is 0 Å². The highest BCUT2D eigenvalue weighted by molar-refractivity contribution is 5.24. The van der Waals surface area contributed by atoms with Gasteiger partial charge in [-0.05, 0) is 31.9 Å². The lowest BCUT2D eigenvalue weighted by Gasteiger charge is -2.30. The number of hydrogen-bond donors (Lipinski definition) is 1. The molecule has 2 nitrogen and oxygen atoms in total. The van der Waals surface area contributed by atoms with Gasteiger partial charge in [-0.25, -0.2) is 4.39 Å². The number of benzene rings is 1. The van der Waals surface area contributed by atoms with E-state index in [0.29, 0.717) is 6.54 Å². The van der Waals surface area contributed by atoms with Gasteiger partial charge in [-0.2, -0.15) is 0 Å². The minimum atomic E-state index is -0.0679. The second-order valence-electron chi connectivity index (χ2n) is 4.69. The molecule has 16 heavy (non-hydrogen) atoms. The lowest BCUT2D eigenvalue weighted by Crippen LogP contribution is -2.42. The van der Waals surface area contributed by atoms with Gasteiger partial charge < -0.3 is 5.73 Å². The Morgan fingerprint density at radius 1 is 1.50 bits per heavy atom. The number of nitrogens with two attached hydrogens (primary N) is 1. The van der Waals surface area contributed by atoms with Crippen molar-refractivity contribution in [2.24, 2.45) is 5.73 Å². The lowest BCUT2D eigenvalue weighted by atomic mass is 10.0. The summed E-state index contributed by atoms with van der Waals surface area (Å²) in [5.74, 6) is -0.0679. The fourth-order valence-electron chi connectivity index (χ4n) is 2.31. The predicted octanol–water partition coefficient (Wildman–Crippen LogP) is 2.06. The van der Waals surface area contributed by atoms with Crippen LogP contribution in [-0.4, -0.2) is 24.0 Å². The smallest absolute Gasteiger partial charge is 0.130 e. The van der Waals surface area contributed by atoms with E-state index in [0.717, 1.165) is 37.1 Å². The van der Waals surface area contributed by atoms with Crippen LogP contribution in [0.4, 0.5) is 4.39 Å². The minimum Gasteiger partial charge on any atom is -0.327 e. The Balaban J connectivity index is 2.05.